The van der Waals surface area contributed by atoms with Gasteiger partial charge < -0.3 is 10.6 Å². The van der Waals surface area contributed by atoms with Crippen LogP contribution >= 0.6 is 11.6 Å². The lowest BCUT2D eigenvalue weighted by Crippen LogP contribution is -2.36. The third kappa shape index (κ3) is 2.09. The van der Waals surface area contributed by atoms with E-state index >= 15 is 0 Å². The molecule has 1 atom stereocenters. The van der Waals surface area contributed by atoms with Gasteiger partial charge in [0.25, 0.3) is 0 Å². The fourth-order valence-corrected chi connectivity index (χ4v) is 1.89. The molecule has 1 amide bonds. The van der Waals surface area contributed by atoms with Crippen molar-refractivity contribution in [1.29, 1.82) is 0 Å². The quantitative estimate of drug-likeness (QED) is 0.810. The first-order valence-electron chi connectivity index (χ1n) is 5.50. The van der Waals surface area contributed by atoms with E-state index in [0.29, 0.717) is 24.3 Å². The van der Waals surface area contributed by atoms with Gasteiger partial charge in [0.15, 0.2) is 0 Å². The monoisotopic (exact) mass is 256 g/mol. The largest absolute Gasteiger partial charge is 0.382 e. The minimum Gasteiger partial charge on any atom is -0.382 e. The second kappa shape index (κ2) is 4.18. The molecule has 17 heavy (non-hydrogen) atoms. The molecule has 92 valence electrons. The molecule has 5 heteroatoms. The lowest BCUT2D eigenvalue weighted by atomic mass is 9.86. The van der Waals surface area contributed by atoms with Crippen molar-refractivity contribution in [2.45, 2.75) is 20.3 Å². The van der Waals surface area contributed by atoms with Crippen LogP contribution in [0.4, 0.5) is 15.8 Å². The van der Waals surface area contributed by atoms with Gasteiger partial charge in [0.05, 0.1) is 21.8 Å². The summed E-state index contributed by atoms with van der Waals surface area (Å²) in [5, 5.41) is 5.91. The standard InChI is InChI=1S/C12H14ClFN2O/c1-3-12(2)6-15-9-4-7(13)8(14)5-10(9)16-11(12)17/h4-5,15H,3,6H2,1-2H3,(H,16,17). The van der Waals surface area contributed by atoms with Gasteiger partial charge in [0.1, 0.15) is 5.82 Å². The number of carbonyl (C=O) groups is 1. The number of hydrogen-bond acceptors (Lipinski definition) is 2. The van der Waals surface area contributed by atoms with Gasteiger partial charge in [-0.2, -0.15) is 0 Å². The summed E-state index contributed by atoms with van der Waals surface area (Å²) >= 11 is 5.71. The van der Waals surface area contributed by atoms with Crippen LogP contribution in [0.5, 0.6) is 0 Å². The van der Waals surface area contributed by atoms with Crippen molar-refractivity contribution in [3.8, 4) is 0 Å². The number of nitrogens with one attached hydrogen (secondary N) is 2. The van der Waals surface area contributed by atoms with Crippen molar-refractivity contribution in [3.63, 3.8) is 0 Å². The Kier molecular flexibility index (Phi) is 3.00. The van der Waals surface area contributed by atoms with Crippen LogP contribution in [0, 0.1) is 11.2 Å². The molecule has 1 aromatic carbocycles. The SMILES string of the molecule is CCC1(C)CNc2cc(Cl)c(F)cc2NC1=O. The van der Waals surface area contributed by atoms with Crippen LogP contribution in [0.1, 0.15) is 20.3 Å². The van der Waals surface area contributed by atoms with E-state index < -0.39 is 11.2 Å². The van der Waals surface area contributed by atoms with E-state index in [1.807, 2.05) is 13.8 Å². The van der Waals surface area contributed by atoms with E-state index in [4.69, 9.17) is 11.6 Å². The van der Waals surface area contributed by atoms with Gasteiger partial charge in [0, 0.05) is 12.6 Å². The molecule has 3 nitrogen and oxygen atoms in total. The third-order valence-corrected chi connectivity index (χ3v) is 3.60. The molecule has 1 aromatic rings. The zero-order chi connectivity index (χ0) is 12.6. The summed E-state index contributed by atoms with van der Waals surface area (Å²) in [5.74, 6) is -0.638. The first kappa shape index (κ1) is 12.2. The van der Waals surface area contributed by atoms with Gasteiger partial charge >= 0.3 is 0 Å². The molecular weight excluding hydrogens is 243 g/mol. The van der Waals surface area contributed by atoms with Crippen LogP contribution in [0.25, 0.3) is 0 Å². The first-order chi connectivity index (χ1) is 7.96. The Labute approximate surface area is 104 Å². The maximum atomic E-state index is 13.3. The van der Waals surface area contributed by atoms with Crippen LogP contribution in [0.15, 0.2) is 12.1 Å². The summed E-state index contributed by atoms with van der Waals surface area (Å²) in [6, 6.07) is 2.73. The molecule has 0 fully saturated rings. The van der Waals surface area contributed by atoms with Crippen LogP contribution in [0.3, 0.4) is 0 Å². The summed E-state index contributed by atoms with van der Waals surface area (Å²) in [5.41, 5.74) is 0.595. The molecule has 2 rings (SSSR count). The van der Waals surface area contributed by atoms with E-state index in [0.717, 1.165) is 0 Å². The third-order valence-electron chi connectivity index (χ3n) is 3.31. The fourth-order valence-electron chi connectivity index (χ4n) is 1.73. The van der Waals surface area contributed by atoms with Crippen LogP contribution in [-0.2, 0) is 4.79 Å². The van der Waals surface area contributed by atoms with Crippen molar-refractivity contribution in [2.75, 3.05) is 17.2 Å². The molecule has 0 saturated carbocycles. The van der Waals surface area contributed by atoms with Gasteiger partial charge in [-0.1, -0.05) is 18.5 Å². The van der Waals surface area contributed by atoms with Crippen molar-refractivity contribution in [3.05, 3.63) is 23.0 Å². The predicted octanol–water partition coefficient (Wildman–Crippen LogP) is 3.26. The van der Waals surface area contributed by atoms with Gasteiger partial charge in [-0.05, 0) is 19.4 Å². The number of hydrogen-bond donors (Lipinski definition) is 2. The molecule has 0 bridgehead atoms. The highest BCUT2D eigenvalue weighted by Gasteiger charge is 2.34. The summed E-state index contributed by atoms with van der Waals surface area (Å²) in [6.45, 7) is 4.33. The average Bonchev–Trinajstić information content (AvgIpc) is 2.41. The van der Waals surface area contributed by atoms with E-state index in [1.165, 1.54) is 12.1 Å². The van der Waals surface area contributed by atoms with Crippen LogP contribution < -0.4 is 10.6 Å². The Balaban J connectivity index is 2.42. The molecule has 1 aliphatic rings. The van der Waals surface area contributed by atoms with Gasteiger partial charge in [-0.15, -0.1) is 0 Å². The molecule has 0 aliphatic carbocycles. The van der Waals surface area contributed by atoms with Crippen LogP contribution in [-0.4, -0.2) is 12.5 Å². The number of fused-ring (bicyclic) bond motifs is 1. The Bertz CT molecular complexity index is 478. The van der Waals surface area contributed by atoms with E-state index in [-0.39, 0.29) is 10.9 Å². The molecular formula is C12H14ClFN2O. The Morgan fingerprint density at radius 3 is 2.82 bits per heavy atom. The average molecular weight is 257 g/mol. The minimum atomic E-state index is -0.535. The second-order valence-electron chi connectivity index (χ2n) is 4.53. The van der Waals surface area contributed by atoms with Gasteiger partial charge in [-0.25, -0.2) is 4.39 Å². The summed E-state index contributed by atoms with van der Waals surface area (Å²) in [6.07, 6.45) is 0.704. The molecule has 1 heterocycles. The van der Waals surface area contributed by atoms with Crippen LogP contribution in [0.2, 0.25) is 5.02 Å². The van der Waals surface area contributed by atoms with Crippen molar-refractivity contribution >= 4 is 28.9 Å². The molecule has 0 radical (unpaired) electrons. The lowest BCUT2D eigenvalue weighted by molar-refractivity contribution is -0.124. The van der Waals surface area contributed by atoms with Gasteiger partial charge in [-0.3, -0.25) is 4.79 Å². The Hall–Kier alpha value is -1.29. The number of benzene rings is 1. The highest BCUT2D eigenvalue weighted by molar-refractivity contribution is 6.31. The van der Waals surface area contributed by atoms with E-state index in [9.17, 15) is 9.18 Å². The highest BCUT2D eigenvalue weighted by atomic mass is 35.5. The number of anilines is 2. The maximum absolute atomic E-state index is 13.3. The molecule has 2 N–H and O–H groups in total. The topological polar surface area (TPSA) is 41.1 Å². The normalized spacial score (nSPS) is 23.4. The van der Waals surface area contributed by atoms with E-state index in [1.54, 1.807) is 0 Å². The summed E-state index contributed by atoms with van der Waals surface area (Å²) < 4.78 is 13.3. The number of amides is 1. The zero-order valence-electron chi connectivity index (χ0n) is 9.73. The van der Waals surface area contributed by atoms with Crippen molar-refractivity contribution < 1.29 is 9.18 Å². The molecule has 0 saturated heterocycles. The molecule has 0 spiro atoms. The molecule has 1 unspecified atom stereocenters. The molecule has 0 aromatic heterocycles. The zero-order valence-corrected chi connectivity index (χ0v) is 10.5. The lowest BCUT2D eigenvalue weighted by Gasteiger charge is -2.23. The second-order valence-corrected chi connectivity index (χ2v) is 4.94. The minimum absolute atomic E-state index is 0.0469. The number of rotatable bonds is 1. The Morgan fingerprint density at radius 2 is 2.18 bits per heavy atom. The highest BCUT2D eigenvalue weighted by Crippen LogP contribution is 2.34. The van der Waals surface area contributed by atoms with Gasteiger partial charge in [0.2, 0.25) is 5.91 Å². The smallest absolute Gasteiger partial charge is 0.232 e. The summed E-state index contributed by atoms with van der Waals surface area (Å²) in [4.78, 5) is 12.0. The van der Waals surface area contributed by atoms with Crippen molar-refractivity contribution in [2.24, 2.45) is 5.41 Å². The fraction of sp³-hybridized carbons (Fsp3) is 0.417. The Morgan fingerprint density at radius 1 is 1.47 bits per heavy atom. The number of carbonyl (C=O) groups excluding carboxylic acids is 1. The number of halogens is 2. The summed E-state index contributed by atoms with van der Waals surface area (Å²) in [7, 11) is 0. The molecule has 1 aliphatic heterocycles. The maximum Gasteiger partial charge on any atom is 0.232 e. The van der Waals surface area contributed by atoms with Crippen molar-refractivity contribution in [1.82, 2.24) is 0 Å². The first-order valence-corrected chi connectivity index (χ1v) is 5.88. The predicted molar refractivity (Wildman–Crippen MR) is 66.9 cm³/mol. The van der Waals surface area contributed by atoms with E-state index in [2.05, 4.69) is 10.6 Å².